The fraction of sp³-hybridized carbons (Fsp3) is 0.538. The van der Waals surface area contributed by atoms with E-state index in [1.807, 2.05) is 42.0 Å². The van der Waals surface area contributed by atoms with Crippen molar-refractivity contribution in [2.75, 3.05) is 18.6 Å². The molecule has 0 rings (SSSR count). The smallest absolute Gasteiger partial charge is 0.0720 e. The summed E-state index contributed by atoms with van der Waals surface area (Å²) in [6.07, 6.45) is 11.4. The van der Waals surface area contributed by atoms with Crippen molar-refractivity contribution in [1.82, 2.24) is 0 Å². The van der Waals surface area contributed by atoms with Gasteiger partial charge < -0.3 is 4.74 Å². The van der Waals surface area contributed by atoms with E-state index in [-0.39, 0.29) is 0 Å². The van der Waals surface area contributed by atoms with Crippen LogP contribution in [0.5, 0.6) is 0 Å². The fourth-order valence-electron chi connectivity index (χ4n) is 1.04. The normalized spacial score (nSPS) is 14.3. The predicted molar refractivity (Wildman–Crippen MR) is 79.1 cm³/mol. The van der Waals surface area contributed by atoms with Crippen LogP contribution in [0.3, 0.4) is 0 Å². The van der Waals surface area contributed by atoms with Crippen molar-refractivity contribution in [3.63, 3.8) is 0 Å². The van der Waals surface area contributed by atoms with E-state index in [4.69, 9.17) is 4.74 Å². The number of ether oxygens (including phenoxy) is 1. The Kier molecular flexibility index (Phi) is 11.3. The summed E-state index contributed by atoms with van der Waals surface area (Å²) in [6, 6.07) is 0. The Bertz CT molecular complexity index is 234. The van der Waals surface area contributed by atoms with E-state index in [1.165, 1.54) is 0 Å². The maximum Gasteiger partial charge on any atom is 0.0720 e. The van der Waals surface area contributed by atoms with Gasteiger partial charge in [0, 0.05) is 5.75 Å². The molecular weight excluding hydrogens is 236 g/mol. The third-order valence-corrected chi connectivity index (χ3v) is 3.94. The van der Waals surface area contributed by atoms with E-state index >= 15 is 0 Å². The van der Waals surface area contributed by atoms with Gasteiger partial charge in [0.1, 0.15) is 0 Å². The summed E-state index contributed by atoms with van der Waals surface area (Å²) in [5.74, 6) is 1.05. The highest BCUT2D eigenvalue weighted by Gasteiger charge is 2.06. The lowest BCUT2D eigenvalue weighted by molar-refractivity contribution is 0.0859. The molecule has 0 N–H and O–H groups in total. The van der Waals surface area contributed by atoms with Crippen LogP contribution in [-0.2, 0) is 4.74 Å². The van der Waals surface area contributed by atoms with Crippen LogP contribution in [0.2, 0.25) is 0 Å². The molecule has 0 bridgehead atoms. The summed E-state index contributed by atoms with van der Waals surface area (Å²) in [5.41, 5.74) is 1.13. The van der Waals surface area contributed by atoms with Crippen LogP contribution < -0.4 is 0 Å². The highest BCUT2D eigenvalue weighted by molar-refractivity contribution is 8.76. The largest absolute Gasteiger partial charge is 0.373 e. The first-order chi connectivity index (χ1) is 7.78. The molecule has 0 spiro atoms. The fourth-order valence-corrected chi connectivity index (χ4v) is 2.52. The Morgan fingerprint density at radius 2 is 2.25 bits per heavy atom. The van der Waals surface area contributed by atoms with Gasteiger partial charge >= 0.3 is 0 Å². The molecule has 0 saturated heterocycles. The van der Waals surface area contributed by atoms with Gasteiger partial charge in [-0.1, -0.05) is 59.4 Å². The van der Waals surface area contributed by atoms with Crippen LogP contribution in [0, 0.1) is 0 Å². The van der Waals surface area contributed by atoms with Crippen LogP contribution in [0.25, 0.3) is 0 Å². The Morgan fingerprint density at radius 3 is 2.75 bits per heavy atom. The number of rotatable bonds is 9. The summed E-state index contributed by atoms with van der Waals surface area (Å²) in [5, 5.41) is 0. The van der Waals surface area contributed by atoms with E-state index in [2.05, 4.69) is 19.8 Å². The second kappa shape index (κ2) is 11.4. The molecule has 0 radical (unpaired) electrons. The van der Waals surface area contributed by atoms with Crippen LogP contribution >= 0.6 is 21.6 Å². The summed E-state index contributed by atoms with van der Waals surface area (Å²) < 4.78 is 5.84. The van der Waals surface area contributed by atoms with Crippen molar-refractivity contribution in [3.8, 4) is 0 Å². The summed E-state index contributed by atoms with van der Waals surface area (Å²) >= 11 is 0. The summed E-state index contributed by atoms with van der Waals surface area (Å²) in [7, 11) is 3.64. The molecule has 1 atom stereocenters. The van der Waals surface area contributed by atoms with Crippen molar-refractivity contribution < 1.29 is 4.74 Å². The van der Waals surface area contributed by atoms with Gasteiger partial charge in [-0.05, 0) is 25.2 Å². The molecule has 0 aliphatic carbocycles. The first kappa shape index (κ1) is 15.9. The van der Waals surface area contributed by atoms with E-state index < -0.39 is 0 Å². The topological polar surface area (TPSA) is 9.23 Å². The van der Waals surface area contributed by atoms with E-state index in [9.17, 15) is 0 Å². The third kappa shape index (κ3) is 8.08. The maximum atomic E-state index is 5.84. The second-order valence-corrected chi connectivity index (χ2v) is 5.87. The van der Waals surface area contributed by atoms with Gasteiger partial charge in [0.05, 0.1) is 12.7 Å². The minimum atomic E-state index is 0.339. The highest BCUT2D eigenvalue weighted by Crippen LogP contribution is 2.20. The van der Waals surface area contributed by atoms with Gasteiger partial charge in [0.25, 0.3) is 0 Å². The lowest BCUT2D eigenvalue weighted by Gasteiger charge is -2.15. The van der Waals surface area contributed by atoms with Gasteiger partial charge in [-0.3, -0.25) is 0 Å². The molecule has 0 aromatic carbocycles. The third-order valence-electron chi connectivity index (χ3n) is 2.08. The second-order valence-electron chi connectivity index (χ2n) is 3.26. The van der Waals surface area contributed by atoms with Crippen molar-refractivity contribution in [3.05, 3.63) is 36.5 Å². The standard InChI is InChI=1S/C13H22OS2/c1-5-8-9-12(6-2)10-14-13(7-3)11-16-15-4/h5-6,8-9,13H,2,7,10-11H2,1,3-4H3/b8-5-,12-9+. The van der Waals surface area contributed by atoms with Crippen molar-refractivity contribution >= 4 is 21.6 Å². The van der Waals surface area contributed by atoms with Crippen LogP contribution in [0.4, 0.5) is 0 Å². The highest BCUT2D eigenvalue weighted by atomic mass is 33.1. The van der Waals surface area contributed by atoms with Crippen molar-refractivity contribution in [2.45, 2.75) is 26.4 Å². The zero-order chi connectivity index (χ0) is 12.2. The van der Waals surface area contributed by atoms with Gasteiger partial charge in [0.15, 0.2) is 0 Å². The molecule has 0 fully saturated rings. The SMILES string of the molecule is C=C/C(=C\C=C/C)COC(CC)CSSC. The molecule has 3 heteroatoms. The first-order valence-electron chi connectivity index (χ1n) is 5.49. The van der Waals surface area contributed by atoms with E-state index in [0.29, 0.717) is 12.7 Å². The molecule has 0 aliphatic heterocycles. The summed E-state index contributed by atoms with van der Waals surface area (Å²) in [6.45, 7) is 8.61. The molecule has 0 aromatic heterocycles. The Morgan fingerprint density at radius 1 is 1.50 bits per heavy atom. The molecular formula is C13H22OS2. The van der Waals surface area contributed by atoms with Gasteiger partial charge in [-0.2, -0.15) is 0 Å². The molecule has 92 valence electrons. The zero-order valence-corrected chi connectivity index (χ0v) is 12.1. The molecule has 16 heavy (non-hydrogen) atoms. The summed E-state index contributed by atoms with van der Waals surface area (Å²) in [4.78, 5) is 0. The Labute approximate surface area is 108 Å². The average molecular weight is 258 g/mol. The quantitative estimate of drug-likeness (QED) is 0.446. The van der Waals surface area contributed by atoms with Crippen molar-refractivity contribution in [1.29, 1.82) is 0 Å². The minimum absolute atomic E-state index is 0.339. The average Bonchev–Trinajstić information content (AvgIpc) is 2.33. The van der Waals surface area contributed by atoms with Crippen molar-refractivity contribution in [2.24, 2.45) is 0 Å². The number of hydrogen-bond acceptors (Lipinski definition) is 3. The molecule has 0 aliphatic rings. The zero-order valence-electron chi connectivity index (χ0n) is 10.4. The molecule has 0 aromatic rings. The predicted octanol–water partition coefficient (Wildman–Crippen LogP) is 4.48. The van der Waals surface area contributed by atoms with Gasteiger partial charge in [0.2, 0.25) is 0 Å². The lowest BCUT2D eigenvalue weighted by atomic mass is 10.2. The minimum Gasteiger partial charge on any atom is -0.373 e. The van der Waals surface area contributed by atoms with Gasteiger partial charge in [-0.15, -0.1) is 0 Å². The number of allylic oxidation sites excluding steroid dienone is 3. The van der Waals surface area contributed by atoms with Crippen LogP contribution in [-0.4, -0.2) is 24.7 Å². The van der Waals surface area contributed by atoms with Crippen LogP contribution in [0.15, 0.2) is 36.5 Å². The first-order valence-corrected chi connectivity index (χ1v) is 8.22. The Hall–Kier alpha value is -0.120. The van der Waals surface area contributed by atoms with E-state index in [1.54, 1.807) is 10.8 Å². The molecule has 0 amide bonds. The monoisotopic (exact) mass is 258 g/mol. The molecule has 1 nitrogen and oxygen atoms in total. The molecule has 0 saturated carbocycles. The maximum absolute atomic E-state index is 5.84. The molecule has 0 heterocycles. The molecule has 1 unspecified atom stereocenters. The lowest BCUT2D eigenvalue weighted by Crippen LogP contribution is -2.15. The van der Waals surface area contributed by atoms with E-state index in [0.717, 1.165) is 17.7 Å². The Balaban J connectivity index is 4.01. The van der Waals surface area contributed by atoms with Crippen LogP contribution in [0.1, 0.15) is 20.3 Å². The van der Waals surface area contributed by atoms with Gasteiger partial charge in [-0.25, -0.2) is 0 Å². The number of hydrogen-bond donors (Lipinski definition) is 0.